The lowest BCUT2D eigenvalue weighted by Gasteiger charge is -2.14. The summed E-state index contributed by atoms with van der Waals surface area (Å²) in [4.78, 5) is 22.8. The number of nitrogens with zero attached hydrogens (tertiary/aromatic N) is 1. The Kier molecular flexibility index (Phi) is 6.04. The van der Waals surface area contributed by atoms with Gasteiger partial charge in [0.05, 0.1) is 11.5 Å². The van der Waals surface area contributed by atoms with Gasteiger partial charge in [-0.25, -0.2) is 4.79 Å². The smallest absolute Gasteiger partial charge is 0.407 e. The van der Waals surface area contributed by atoms with Crippen LogP contribution in [0.2, 0.25) is 0 Å². The lowest BCUT2D eigenvalue weighted by molar-refractivity contribution is -0.384. The molecule has 0 saturated carbocycles. The van der Waals surface area contributed by atoms with E-state index in [9.17, 15) is 14.9 Å². The zero-order valence-electron chi connectivity index (χ0n) is 17.4. The normalized spacial score (nSPS) is 11.5. The largest absolute Gasteiger partial charge is 0.449 e. The Hall–Kier alpha value is -4.31. The molecular weight excluding hydrogens is 406 g/mol. The van der Waals surface area contributed by atoms with Gasteiger partial charge in [-0.2, -0.15) is 0 Å². The van der Waals surface area contributed by atoms with Crippen molar-refractivity contribution in [2.75, 3.05) is 25.5 Å². The van der Waals surface area contributed by atoms with Gasteiger partial charge < -0.3 is 15.4 Å². The van der Waals surface area contributed by atoms with Gasteiger partial charge in [0.15, 0.2) is 0 Å². The summed E-state index contributed by atoms with van der Waals surface area (Å²) < 4.78 is 5.46. The molecule has 0 radical (unpaired) electrons. The second-order valence-corrected chi connectivity index (χ2v) is 7.22. The van der Waals surface area contributed by atoms with Crippen LogP contribution in [0.15, 0.2) is 66.7 Å². The van der Waals surface area contributed by atoms with E-state index in [4.69, 9.17) is 4.74 Å². The number of benzene rings is 3. The molecule has 1 aliphatic carbocycles. The molecule has 32 heavy (non-hydrogen) atoms. The Morgan fingerprint density at radius 3 is 2.34 bits per heavy atom. The quantitative estimate of drug-likeness (QED) is 0.355. The molecule has 0 aliphatic heterocycles. The fourth-order valence-electron chi connectivity index (χ4n) is 3.88. The first-order valence-corrected chi connectivity index (χ1v) is 10.1. The van der Waals surface area contributed by atoms with Crippen molar-refractivity contribution in [1.29, 1.82) is 0 Å². The molecule has 1 amide bonds. The highest BCUT2D eigenvalue weighted by atomic mass is 16.6. The lowest BCUT2D eigenvalue weighted by Crippen LogP contribution is -2.26. The van der Waals surface area contributed by atoms with E-state index < -0.39 is 11.0 Å². The van der Waals surface area contributed by atoms with Crippen molar-refractivity contribution in [2.24, 2.45) is 0 Å². The van der Waals surface area contributed by atoms with Crippen LogP contribution in [0.4, 0.5) is 16.2 Å². The van der Waals surface area contributed by atoms with Crippen molar-refractivity contribution in [3.63, 3.8) is 0 Å². The summed E-state index contributed by atoms with van der Waals surface area (Å²) in [6.45, 7) is 0.295. The molecule has 7 heteroatoms. The van der Waals surface area contributed by atoms with Gasteiger partial charge in [0.1, 0.15) is 12.3 Å². The van der Waals surface area contributed by atoms with Crippen molar-refractivity contribution in [3.05, 3.63) is 93.5 Å². The van der Waals surface area contributed by atoms with E-state index in [-0.39, 0.29) is 24.8 Å². The molecule has 0 atom stereocenters. The lowest BCUT2D eigenvalue weighted by atomic mass is 9.98. The predicted octanol–water partition coefficient (Wildman–Crippen LogP) is 4.53. The van der Waals surface area contributed by atoms with E-state index in [0.717, 1.165) is 11.1 Å². The number of nitro groups is 1. The fourth-order valence-corrected chi connectivity index (χ4v) is 3.88. The number of alkyl carbamates (subject to hydrolysis) is 1. The molecule has 0 unspecified atom stereocenters. The van der Waals surface area contributed by atoms with Crippen LogP contribution in [0.1, 0.15) is 22.6 Å². The summed E-state index contributed by atoms with van der Waals surface area (Å²) in [6.07, 6.45) is -0.558. The molecule has 3 aromatic carbocycles. The maximum absolute atomic E-state index is 12.2. The first-order chi connectivity index (χ1) is 15.6. The van der Waals surface area contributed by atoms with E-state index in [1.807, 2.05) is 24.3 Å². The third-order valence-corrected chi connectivity index (χ3v) is 5.36. The van der Waals surface area contributed by atoms with Crippen LogP contribution < -0.4 is 10.6 Å². The molecule has 160 valence electrons. The molecule has 1 aliphatic rings. The minimum Gasteiger partial charge on any atom is -0.449 e. The molecule has 3 aromatic rings. The van der Waals surface area contributed by atoms with Crippen molar-refractivity contribution in [1.82, 2.24) is 5.32 Å². The summed E-state index contributed by atoms with van der Waals surface area (Å²) in [7, 11) is 1.62. The number of fused-ring (bicyclic) bond motifs is 3. The zero-order valence-corrected chi connectivity index (χ0v) is 17.4. The van der Waals surface area contributed by atoms with Gasteiger partial charge >= 0.3 is 6.09 Å². The van der Waals surface area contributed by atoms with Crippen molar-refractivity contribution < 1.29 is 14.5 Å². The van der Waals surface area contributed by atoms with Crippen LogP contribution >= 0.6 is 0 Å². The van der Waals surface area contributed by atoms with Gasteiger partial charge in [-0.1, -0.05) is 60.4 Å². The Morgan fingerprint density at radius 2 is 1.72 bits per heavy atom. The van der Waals surface area contributed by atoms with Crippen LogP contribution in [0.5, 0.6) is 0 Å². The molecule has 0 spiro atoms. The van der Waals surface area contributed by atoms with Gasteiger partial charge in [0.25, 0.3) is 5.69 Å². The Balaban J connectivity index is 1.35. The number of carbonyl (C=O) groups is 1. The third-order valence-electron chi connectivity index (χ3n) is 5.36. The highest BCUT2D eigenvalue weighted by Gasteiger charge is 2.28. The van der Waals surface area contributed by atoms with Gasteiger partial charge in [-0.15, -0.1) is 0 Å². The first kappa shape index (κ1) is 20.9. The van der Waals surface area contributed by atoms with E-state index in [0.29, 0.717) is 11.3 Å². The summed E-state index contributed by atoms with van der Waals surface area (Å²) in [5.74, 6) is 5.60. The topological polar surface area (TPSA) is 93.5 Å². The average Bonchev–Trinajstić information content (AvgIpc) is 3.14. The minimum absolute atomic E-state index is 0.00882. The van der Waals surface area contributed by atoms with E-state index >= 15 is 0 Å². The Morgan fingerprint density at radius 1 is 1.06 bits per heavy atom. The first-order valence-electron chi connectivity index (χ1n) is 10.1. The van der Waals surface area contributed by atoms with Crippen LogP contribution in [0, 0.1) is 22.0 Å². The number of hydrogen-bond acceptors (Lipinski definition) is 5. The number of nitrogens with one attached hydrogen (secondary N) is 2. The summed E-state index contributed by atoms with van der Waals surface area (Å²) in [5.41, 5.74) is 5.48. The predicted molar refractivity (Wildman–Crippen MR) is 123 cm³/mol. The van der Waals surface area contributed by atoms with Crippen LogP contribution in [-0.4, -0.2) is 31.2 Å². The SMILES string of the molecule is CNc1ccc(C#CCNC(=O)OCC2c3ccccc3-c3ccccc32)cc1[N+](=O)[O-]. The molecule has 4 rings (SSSR count). The number of hydrogen-bond donors (Lipinski definition) is 2. The van der Waals surface area contributed by atoms with E-state index in [2.05, 4.69) is 46.7 Å². The molecule has 7 nitrogen and oxygen atoms in total. The molecular formula is C25H21N3O4. The standard InChI is InChI=1S/C25H21N3O4/c1-26-23-13-12-17(15-24(23)28(30)31)7-6-14-27-25(29)32-16-22-20-10-4-2-8-18(20)19-9-3-5-11-21(19)22/h2-5,8-13,15,22,26H,14,16H2,1H3,(H,27,29). The van der Waals surface area contributed by atoms with Crippen LogP contribution in [0.3, 0.4) is 0 Å². The Bertz CT molecular complexity index is 1200. The number of anilines is 1. The minimum atomic E-state index is -0.558. The fraction of sp³-hybridized carbons (Fsp3) is 0.160. The van der Waals surface area contributed by atoms with Crippen molar-refractivity contribution in [2.45, 2.75) is 5.92 Å². The maximum Gasteiger partial charge on any atom is 0.407 e. The summed E-state index contributed by atoms with van der Waals surface area (Å²) in [5, 5.41) is 16.5. The molecule has 0 bridgehead atoms. The van der Waals surface area contributed by atoms with Crippen LogP contribution in [0.25, 0.3) is 11.1 Å². The van der Waals surface area contributed by atoms with Crippen molar-refractivity contribution in [3.8, 4) is 23.0 Å². The summed E-state index contributed by atoms with van der Waals surface area (Å²) >= 11 is 0. The summed E-state index contributed by atoms with van der Waals surface area (Å²) in [6, 6.07) is 20.9. The van der Waals surface area contributed by atoms with Gasteiger partial charge in [-0.05, 0) is 34.4 Å². The second-order valence-electron chi connectivity index (χ2n) is 7.22. The molecule has 0 fully saturated rings. The highest BCUT2D eigenvalue weighted by molar-refractivity contribution is 5.79. The van der Waals surface area contributed by atoms with Gasteiger partial charge in [-0.3, -0.25) is 10.1 Å². The molecule has 0 heterocycles. The zero-order chi connectivity index (χ0) is 22.5. The number of ether oxygens (including phenoxy) is 1. The molecule has 0 aromatic heterocycles. The Labute approximate surface area is 185 Å². The van der Waals surface area contributed by atoms with E-state index in [1.165, 1.54) is 17.2 Å². The number of amides is 1. The second kappa shape index (κ2) is 9.23. The maximum atomic E-state index is 12.2. The highest BCUT2D eigenvalue weighted by Crippen LogP contribution is 2.44. The monoisotopic (exact) mass is 427 g/mol. The number of nitro benzene ring substituents is 1. The van der Waals surface area contributed by atoms with Gasteiger partial charge in [0, 0.05) is 24.6 Å². The average molecular weight is 427 g/mol. The van der Waals surface area contributed by atoms with Gasteiger partial charge in [0.2, 0.25) is 0 Å². The third kappa shape index (κ3) is 4.25. The number of rotatable bonds is 5. The van der Waals surface area contributed by atoms with Crippen LogP contribution in [-0.2, 0) is 4.74 Å². The molecule has 2 N–H and O–H groups in total. The number of carbonyl (C=O) groups excluding carboxylic acids is 1. The van der Waals surface area contributed by atoms with Crippen molar-refractivity contribution >= 4 is 17.5 Å². The molecule has 0 saturated heterocycles. The van der Waals surface area contributed by atoms with E-state index in [1.54, 1.807) is 19.2 Å².